The predicted octanol–water partition coefficient (Wildman–Crippen LogP) is 4.64. The topological polar surface area (TPSA) is 126 Å². The van der Waals surface area contributed by atoms with Gasteiger partial charge in [-0.05, 0) is 74.8 Å². The van der Waals surface area contributed by atoms with Crippen LogP contribution in [-0.4, -0.2) is 80.7 Å². The Morgan fingerprint density at radius 3 is 2.51 bits per heavy atom. The third kappa shape index (κ3) is 8.43. The largest absolute Gasteiger partial charge is 0.492 e. The molecule has 2 N–H and O–H groups in total. The first-order chi connectivity index (χ1) is 20.1. The fourth-order valence-corrected chi connectivity index (χ4v) is 5.50. The lowest BCUT2D eigenvalue weighted by atomic mass is 9.86. The van der Waals surface area contributed by atoms with Crippen LogP contribution in [0.3, 0.4) is 0 Å². The van der Waals surface area contributed by atoms with Gasteiger partial charge in [-0.3, -0.25) is 14.4 Å². The molecule has 12 heteroatoms. The van der Waals surface area contributed by atoms with Gasteiger partial charge in [0.25, 0.3) is 5.91 Å². The van der Waals surface area contributed by atoms with Crippen molar-refractivity contribution in [3.8, 4) is 17.4 Å². The highest BCUT2D eigenvalue weighted by molar-refractivity contribution is 7.92. The van der Waals surface area contributed by atoms with Crippen molar-refractivity contribution in [3.05, 3.63) is 65.1 Å². The maximum Gasteiger partial charge on any atom is 0.255 e. The number of anilines is 2. The number of nitrogens with zero attached hydrogens (tertiary/aromatic N) is 4. The van der Waals surface area contributed by atoms with E-state index in [1.165, 1.54) is 7.11 Å². The number of ether oxygens (including phenoxy) is 2. The number of benzene rings is 2. The molecule has 1 unspecified atom stereocenters. The third-order valence-electron chi connectivity index (χ3n) is 7.43. The highest BCUT2D eigenvalue weighted by atomic mass is 32.2. The molecule has 1 aliphatic heterocycles. The maximum atomic E-state index is 13.5. The summed E-state index contributed by atoms with van der Waals surface area (Å²) >= 11 is 0. The molecule has 1 aromatic heterocycles. The highest BCUT2D eigenvalue weighted by Gasteiger charge is 2.25. The van der Waals surface area contributed by atoms with Gasteiger partial charge in [0, 0.05) is 30.4 Å². The lowest BCUT2D eigenvalue weighted by Crippen LogP contribution is -2.33. The summed E-state index contributed by atoms with van der Waals surface area (Å²) in [7, 11) is 2.03. The Bertz CT molecular complexity index is 1590. The molecule has 1 fully saturated rings. The monoisotopic (exact) mass is 610 g/mol. The van der Waals surface area contributed by atoms with Gasteiger partial charge in [-0.2, -0.15) is 4.98 Å². The van der Waals surface area contributed by atoms with Crippen molar-refractivity contribution in [1.29, 1.82) is 0 Å². The zero-order valence-electron chi connectivity index (χ0n) is 26.2. The van der Waals surface area contributed by atoms with Crippen LogP contribution in [0, 0.1) is 6.92 Å². The number of sulfonamides is 1. The highest BCUT2D eigenvalue weighted by Crippen LogP contribution is 2.39. The lowest BCUT2D eigenvalue weighted by Gasteiger charge is -2.24. The summed E-state index contributed by atoms with van der Waals surface area (Å²) in [6.45, 7) is 10.6. The first-order valence-electron chi connectivity index (χ1n) is 14.1. The molecule has 11 nitrogen and oxygen atoms in total. The van der Waals surface area contributed by atoms with Crippen LogP contribution in [0.2, 0.25) is 0 Å². The predicted molar refractivity (Wildman–Crippen MR) is 169 cm³/mol. The smallest absolute Gasteiger partial charge is 0.255 e. The molecule has 2 heterocycles. The number of hydrogen-bond donors (Lipinski definition) is 2. The van der Waals surface area contributed by atoms with Gasteiger partial charge in [-0.25, -0.2) is 13.4 Å². The minimum Gasteiger partial charge on any atom is -0.492 e. The van der Waals surface area contributed by atoms with Crippen molar-refractivity contribution in [2.75, 3.05) is 50.6 Å². The Labute approximate surface area is 254 Å². The summed E-state index contributed by atoms with van der Waals surface area (Å²) in [5.41, 5.74) is 2.24. The summed E-state index contributed by atoms with van der Waals surface area (Å²) in [6.07, 6.45) is 3.85. The number of hydrogen-bond acceptors (Lipinski definition) is 9. The number of likely N-dealkylation sites (tertiary alicyclic amines) is 1. The van der Waals surface area contributed by atoms with Crippen LogP contribution in [0.5, 0.6) is 17.4 Å². The molecule has 43 heavy (non-hydrogen) atoms. The SMILES string of the molecule is COc1c(NC(=O)c2ccc(C)c(Oc3ccnc(CN(C)C4CCN(C)C4)n3)c2)cc(C(C)(C)C)cc1NS(C)(=O)=O. The Kier molecular flexibility index (Phi) is 9.63. The molecular weight excluding hydrogens is 568 g/mol. The second-order valence-corrected chi connectivity index (χ2v) is 13.9. The van der Waals surface area contributed by atoms with Crippen LogP contribution in [0.1, 0.15) is 54.5 Å². The van der Waals surface area contributed by atoms with Crippen molar-refractivity contribution >= 4 is 27.3 Å². The van der Waals surface area contributed by atoms with E-state index < -0.39 is 15.9 Å². The number of nitrogens with one attached hydrogen (secondary N) is 2. The van der Waals surface area contributed by atoms with Crippen LogP contribution >= 0.6 is 0 Å². The summed E-state index contributed by atoms with van der Waals surface area (Å²) in [4.78, 5) is 27.1. The van der Waals surface area contributed by atoms with Gasteiger partial charge in [0.1, 0.15) is 11.6 Å². The van der Waals surface area contributed by atoms with Crippen molar-refractivity contribution in [1.82, 2.24) is 19.8 Å². The third-order valence-corrected chi connectivity index (χ3v) is 8.02. The standard InChI is InChI=1S/C31H42N6O5S/c1-20-9-10-21(15-26(20)42-28-11-13-32-27(34-28)19-37(6)23-12-14-36(5)18-23)30(38)33-24-16-22(31(2,3)4)17-25(29(24)41-7)35-43(8,39)40/h9-11,13,15-17,23,35H,12,14,18-19H2,1-8H3,(H,33,38). The maximum absolute atomic E-state index is 13.5. The van der Waals surface area contributed by atoms with Gasteiger partial charge in [-0.1, -0.05) is 26.8 Å². The van der Waals surface area contributed by atoms with E-state index in [4.69, 9.17) is 9.47 Å². The van der Waals surface area contributed by atoms with Gasteiger partial charge in [0.05, 0.1) is 31.3 Å². The summed E-state index contributed by atoms with van der Waals surface area (Å²) in [5.74, 6) is 1.33. The van der Waals surface area contributed by atoms with Crippen molar-refractivity contribution in [2.45, 2.75) is 52.1 Å². The fourth-order valence-electron chi connectivity index (χ4n) is 4.95. The molecular formula is C31H42N6O5S. The quantitative estimate of drug-likeness (QED) is 0.338. The van der Waals surface area contributed by atoms with Crippen LogP contribution in [-0.2, 0) is 22.0 Å². The minimum atomic E-state index is -3.60. The molecule has 0 spiro atoms. The molecule has 0 saturated carbocycles. The summed E-state index contributed by atoms with van der Waals surface area (Å²) < 4.78 is 38.3. The average Bonchev–Trinajstić information content (AvgIpc) is 3.35. The Morgan fingerprint density at radius 1 is 1.16 bits per heavy atom. The van der Waals surface area contributed by atoms with E-state index in [0.717, 1.165) is 36.9 Å². The molecule has 1 atom stereocenters. The van der Waals surface area contributed by atoms with Gasteiger partial charge in [0.2, 0.25) is 15.9 Å². The molecule has 4 rings (SSSR count). The van der Waals surface area contributed by atoms with E-state index in [9.17, 15) is 13.2 Å². The van der Waals surface area contributed by atoms with E-state index in [-0.39, 0.29) is 16.9 Å². The molecule has 232 valence electrons. The molecule has 0 radical (unpaired) electrons. The normalized spacial score (nSPS) is 15.9. The summed E-state index contributed by atoms with van der Waals surface area (Å²) in [5, 5.41) is 2.90. The number of amides is 1. The molecule has 0 aliphatic carbocycles. The number of aromatic nitrogens is 2. The van der Waals surface area contributed by atoms with Crippen LogP contribution in [0.4, 0.5) is 11.4 Å². The van der Waals surface area contributed by atoms with E-state index in [2.05, 4.69) is 43.9 Å². The number of rotatable bonds is 10. The number of carbonyl (C=O) groups is 1. The van der Waals surface area contributed by atoms with E-state index in [1.54, 1.807) is 42.6 Å². The van der Waals surface area contributed by atoms with Gasteiger partial charge in [-0.15, -0.1) is 0 Å². The van der Waals surface area contributed by atoms with E-state index in [1.807, 2.05) is 27.7 Å². The van der Waals surface area contributed by atoms with Gasteiger partial charge in [0.15, 0.2) is 5.75 Å². The van der Waals surface area contributed by atoms with Crippen LogP contribution in [0.25, 0.3) is 0 Å². The van der Waals surface area contributed by atoms with E-state index in [0.29, 0.717) is 41.3 Å². The molecule has 2 aromatic carbocycles. The van der Waals surface area contributed by atoms with Crippen LogP contribution < -0.4 is 19.5 Å². The zero-order chi connectivity index (χ0) is 31.5. The Balaban J connectivity index is 1.56. The number of carbonyl (C=O) groups excluding carboxylic acids is 1. The van der Waals surface area contributed by atoms with Crippen LogP contribution in [0.15, 0.2) is 42.6 Å². The number of methoxy groups -OCH3 is 1. The molecule has 3 aromatic rings. The lowest BCUT2D eigenvalue weighted by molar-refractivity contribution is 0.102. The second-order valence-electron chi connectivity index (χ2n) is 12.2. The minimum absolute atomic E-state index is 0.207. The number of likely N-dealkylation sites (N-methyl/N-ethyl adjacent to an activating group) is 2. The molecule has 1 aliphatic rings. The molecule has 1 amide bonds. The Morgan fingerprint density at radius 2 is 1.88 bits per heavy atom. The zero-order valence-corrected chi connectivity index (χ0v) is 27.0. The molecule has 1 saturated heterocycles. The summed E-state index contributed by atoms with van der Waals surface area (Å²) in [6, 6.07) is 10.8. The fraction of sp³-hybridized carbons (Fsp3) is 0.452. The second kappa shape index (κ2) is 12.9. The van der Waals surface area contributed by atoms with Gasteiger partial charge >= 0.3 is 0 Å². The van der Waals surface area contributed by atoms with Crippen molar-refractivity contribution in [3.63, 3.8) is 0 Å². The average molecular weight is 611 g/mol. The van der Waals surface area contributed by atoms with E-state index >= 15 is 0 Å². The van der Waals surface area contributed by atoms with Crippen molar-refractivity contribution < 1.29 is 22.7 Å². The Hall–Kier alpha value is -3.74. The van der Waals surface area contributed by atoms with Gasteiger partial charge < -0.3 is 19.7 Å². The first-order valence-corrected chi connectivity index (χ1v) is 16.0. The van der Waals surface area contributed by atoms with Crippen molar-refractivity contribution in [2.24, 2.45) is 0 Å². The molecule has 0 bridgehead atoms. The first kappa shape index (κ1) is 32.2. The number of aryl methyl sites for hydroxylation is 1.